The molecule has 0 bridgehead atoms. The Morgan fingerprint density at radius 1 is 1.36 bits per heavy atom. The van der Waals surface area contributed by atoms with Gasteiger partial charge in [-0.3, -0.25) is 9.48 Å². The molecule has 5 nitrogen and oxygen atoms in total. The number of hydrogen-bond donors (Lipinski definition) is 1. The molecule has 1 aromatic heterocycles. The molecule has 2 N–H and O–H groups in total. The summed E-state index contributed by atoms with van der Waals surface area (Å²) in [7, 11) is 1.83. The first-order valence-corrected chi connectivity index (χ1v) is 8.11. The lowest BCUT2D eigenvalue weighted by molar-refractivity contribution is 0.0733. The summed E-state index contributed by atoms with van der Waals surface area (Å²) >= 11 is 0. The summed E-state index contributed by atoms with van der Waals surface area (Å²) in [6.45, 7) is 11.7. The predicted molar refractivity (Wildman–Crippen MR) is 89.0 cm³/mol. The van der Waals surface area contributed by atoms with Gasteiger partial charge in [-0.15, -0.1) is 0 Å². The van der Waals surface area contributed by atoms with Crippen molar-refractivity contribution in [3.8, 4) is 0 Å². The second-order valence-corrected chi connectivity index (χ2v) is 8.34. The fraction of sp³-hybridized carbons (Fsp3) is 0.765. The first kappa shape index (κ1) is 17.0. The van der Waals surface area contributed by atoms with Crippen LogP contribution in [0.2, 0.25) is 0 Å². The van der Waals surface area contributed by atoms with Gasteiger partial charge in [-0.1, -0.05) is 13.8 Å². The van der Waals surface area contributed by atoms with Gasteiger partial charge in [0.1, 0.15) is 0 Å². The van der Waals surface area contributed by atoms with Crippen molar-refractivity contribution < 1.29 is 4.79 Å². The van der Waals surface area contributed by atoms with Crippen LogP contribution in [0, 0.1) is 5.41 Å². The first-order valence-electron chi connectivity index (χ1n) is 8.11. The third-order valence-corrected chi connectivity index (χ3v) is 4.15. The van der Waals surface area contributed by atoms with Crippen molar-refractivity contribution in [1.29, 1.82) is 0 Å². The molecular formula is C17H30N4O. The van der Waals surface area contributed by atoms with Gasteiger partial charge >= 0.3 is 0 Å². The van der Waals surface area contributed by atoms with E-state index in [-0.39, 0.29) is 16.9 Å². The summed E-state index contributed by atoms with van der Waals surface area (Å²) in [5.74, 6) is 0.547. The molecule has 0 radical (unpaired) electrons. The maximum atomic E-state index is 12.7. The van der Waals surface area contributed by atoms with Crippen LogP contribution in [-0.4, -0.2) is 40.7 Å². The normalized spacial score (nSPS) is 16.0. The zero-order valence-corrected chi connectivity index (χ0v) is 14.8. The first-order chi connectivity index (χ1) is 10.0. The molecule has 1 aliphatic carbocycles. The molecule has 1 amide bonds. The monoisotopic (exact) mass is 306 g/mol. The summed E-state index contributed by atoms with van der Waals surface area (Å²) in [4.78, 5) is 14.4. The number of amides is 1. The summed E-state index contributed by atoms with van der Waals surface area (Å²) in [6.07, 6.45) is 2.40. The third kappa shape index (κ3) is 3.69. The van der Waals surface area contributed by atoms with Crippen molar-refractivity contribution in [2.45, 2.75) is 58.9 Å². The maximum Gasteiger partial charge on any atom is 0.274 e. The number of nitrogens with two attached hydrogens (primary N) is 1. The lowest BCUT2D eigenvalue weighted by Gasteiger charge is -2.28. The predicted octanol–water partition coefficient (Wildman–Crippen LogP) is 2.57. The van der Waals surface area contributed by atoms with E-state index in [0.29, 0.717) is 24.7 Å². The Hall–Kier alpha value is -1.36. The summed E-state index contributed by atoms with van der Waals surface area (Å²) in [5, 5.41) is 4.61. The Balaban J connectivity index is 2.23. The molecule has 1 aliphatic rings. The van der Waals surface area contributed by atoms with E-state index < -0.39 is 0 Å². The summed E-state index contributed by atoms with van der Waals surface area (Å²) in [5.41, 5.74) is 7.32. The molecule has 0 unspecified atom stereocenters. The van der Waals surface area contributed by atoms with E-state index in [1.165, 1.54) is 18.5 Å². The number of aromatic nitrogens is 2. The Morgan fingerprint density at radius 2 is 1.95 bits per heavy atom. The van der Waals surface area contributed by atoms with Crippen molar-refractivity contribution in [2.24, 2.45) is 11.1 Å². The fourth-order valence-electron chi connectivity index (χ4n) is 2.68. The van der Waals surface area contributed by atoms with E-state index in [9.17, 15) is 4.79 Å². The van der Waals surface area contributed by atoms with Crippen LogP contribution in [0.25, 0.3) is 0 Å². The topological polar surface area (TPSA) is 64.2 Å². The van der Waals surface area contributed by atoms with Crippen molar-refractivity contribution in [3.63, 3.8) is 0 Å². The highest BCUT2D eigenvalue weighted by atomic mass is 16.2. The lowest BCUT2D eigenvalue weighted by Crippen LogP contribution is -2.40. The van der Waals surface area contributed by atoms with Gasteiger partial charge in [0.15, 0.2) is 5.69 Å². The van der Waals surface area contributed by atoms with E-state index in [1.807, 2.05) is 17.8 Å². The van der Waals surface area contributed by atoms with Crippen LogP contribution in [0.1, 0.15) is 69.6 Å². The number of carbonyl (C=O) groups is 1. The molecule has 0 atom stereocenters. The second kappa shape index (κ2) is 5.69. The Labute approximate surface area is 133 Å². The van der Waals surface area contributed by atoms with Gasteiger partial charge < -0.3 is 10.6 Å². The molecular weight excluding hydrogens is 276 g/mol. The van der Waals surface area contributed by atoms with Gasteiger partial charge in [-0.05, 0) is 51.6 Å². The average Bonchev–Trinajstić information content (AvgIpc) is 3.14. The van der Waals surface area contributed by atoms with Gasteiger partial charge in [0.2, 0.25) is 0 Å². The SMILES string of the molecule is CN(CC(C)(C)CN)C(=O)c1cc(C2CC2)n(C(C)(C)C)n1. The van der Waals surface area contributed by atoms with Crippen LogP contribution in [0.5, 0.6) is 0 Å². The van der Waals surface area contributed by atoms with Gasteiger partial charge in [0.05, 0.1) is 5.54 Å². The highest BCUT2D eigenvalue weighted by Gasteiger charge is 2.33. The molecule has 0 spiro atoms. The third-order valence-electron chi connectivity index (χ3n) is 4.15. The second-order valence-electron chi connectivity index (χ2n) is 8.34. The highest BCUT2D eigenvalue weighted by molar-refractivity contribution is 5.92. The summed E-state index contributed by atoms with van der Waals surface area (Å²) in [6, 6.07) is 1.98. The zero-order valence-electron chi connectivity index (χ0n) is 14.8. The van der Waals surface area contributed by atoms with Crippen molar-refractivity contribution in [2.75, 3.05) is 20.1 Å². The van der Waals surface area contributed by atoms with E-state index >= 15 is 0 Å². The molecule has 1 fully saturated rings. The molecule has 0 aliphatic heterocycles. The van der Waals surface area contributed by atoms with Crippen molar-refractivity contribution in [1.82, 2.24) is 14.7 Å². The minimum Gasteiger partial charge on any atom is -0.340 e. The molecule has 0 saturated heterocycles. The van der Waals surface area contributed by atoms with E-state index in [4.69, 9.17) is 5.73 Å². The largest absolute Gasteiger partial charge is 0.340 e. The van der Waals surface area contributed by atoms with Gasteiger partial charge in [0.25, 0.3) is 5.91 Å². The number of rotatable bonds is 5. The Kier molecular flexibility index (Phi) is 4.39. The quantitative estimate of drug-likeness (QED) is 0.909. The molecule has 1 saturated carbocycles. The Morgan fingerprint density at radius 3 is 2.41 bits per heavy atom. The van der Waals surface area contributed by atoms with Crippen LogP contribution >= 0.6 is 0 Å². The summed E-state index contributed by atoms with van der Waals surface area (Å²) < 4.78 is 2.03. The van der Waals surface area contributed by atoms with Crippen molar-refractivity contribution in [3.05, 3.63) is 17.5 Å². The van der Waals surface area contributed by atoms with E-state index in [0.717, 1.165) is 0 Å². The van der Waals surface area contributed by atoms with Crippen LogP contribution in [0.4, 0.5) is 0 Å². The number of nitrogens with zero attached hydrogens (tertiary/aromatic N) is 3. The van der Waals surface area contributed by atoms with Gasteiger partial charge in [-0.25, -0.2) is 0 Å². The lowest BCUT2D eigenvalue weighted by atomic mass is 9.93. The zero-order chi connectivity index (χ0) is 16.7. The minimum atomic E-state index is -0.106. The molecule has 22 heavy (non-hydrogen) atoms. The van der Waals surface area contributed by atoms with E-state index in [1.54, 1.807) is 4.90 Å². The van der Waals surface area contributed by atoms with Crippen molar-refractivity contribution >= 4 is 5.91 Å². The number of carbonyl (C=O) groups excluding carboxylic acids is 1. The van der Waals surface area contributed by atoms with E-state index in [2.05, 4.69) is 39.7 Å². The van der Waals surface area contributed by atoms with Crippen LogP contribution < -0.4 is 5.73 Å². The van der Waals surface area contributed by atoms with Crippen LogP contribution in [0.15, 0.2) is 6.07 Å². The van der Waals surface area contributed by atoms with Gasteiger partial charge in [-0.2, -0.15) is 5.10 Å². The number of hydrogen-bond acceptors (Lipinski definition) is 3. The van der Waals surface area contributed by atoms with Crippen LogP contribution in [0.3, 0.4) is 0 Å². The molecule has 1 aromatic rings. The molecule has 124 valence electrons. The van der Waals surface area contributed by atoms with Crippen LogP contribution in [-0.2, 0) is 5.54 Å². The average molecular weight is 306 g/mol. The fourth-order valence-corrected chi connectivity index (χ4v) is 2.68. The maximum absolute atomic E-state index is 12.7. The van der Waals surface area contributed by atoms with Gasteiger partial charge in [0, 0.05) is 25.2 Å². The molecule has 2 rings (SSSR count). The smallest absolute Gasteiger partial charge is 0.274 e. The highest BCUT2D eigenvalue weighted by Crippen LogP contribution is 2.41. The molecule has 0 aromatic carbocycles. The Bertz CT molecular complexity index is 549. The molecule has 1 heterocycles. The molecule has 5 heteroatoms. The standard InChI is InChI=1S/C17H30N4O/c1-16(2,3)21-14(12-7-8-12)9-13(19-21)15(22)20(6)11-17(4,5)10-18/h9,12H,7-8,10-11,18H2,1-6H3. The minimum absolute atomic E-state index is 0.0218.